The van der Waals surface area contributed by atoms with Gasteiger partial charge in [0.15, 0.2) is 0 Å². The van der Waals surface area contributed by atoms with E-state index < -0.39 is 5.97 Å². The number of likely N-dealkylation sites (tertiary alicyclic amines) is 1. The summed E-state index contributed by atoms with van der Waals surface area (Å²) in [4.78, 5) is 13.3. The molecule has 2 aliphatic rings. The van der Waals surface area contributed by atoms with Gasteiger partial charge in [0.2, 0.25) is 0 Å². The van der Waals surface area contributed by atoms with Crippen molar-refractivity contribution < 1.29 is 9.90 Å². The van der Waals surface area contributed by atoms with Gasteiger partial charge >= 0.3 is 5.97 Å². The Morgan fingerprint density at radius 2 is 1.94 bits per heavy atom. The molecule has 3 heteroatoms. The molecule has 1 aliphatic carbocycles. The molecule has 1 atom stereocenters. The Labute approximate surface area is 104 Å². The van der Waals surface area contributed by atoms with Crippen LogP contribution in [0.1, 0.15) is 58.3 Å². The molecule has 1 N–H and O–H groups in total. The molecule has 0 aromatic heterocycles. The first kappa shape index (κ1) is 12.9. The van der Waals surface area contributed by atoms with Crippen molar-refractivity contribution in [3.63, 3.8) is 0 Å². The highest BCUT2D eigenvalue weighted by Crippen LogP contribution is 2.45. The quantitative estimate of drug-likeness (QED) is 0.802. The number of carbonyl (C=O) groups is 1. The topological polar surface area (TPSA) is 40.5 Å². The third-order valence-electron chi connectivity index (χ3n) is 4.54. The lowest BCUT2D eigenvalue weighted by Gasteiger charge is -2.55. The van der Waals surface area contributed by atoms with Crippen LogP contribution in [-0.4, -0.2) is 35.1 Å². The largest absolute Gasteiger partial charge is 0.481 e. The predicted molar refractivity (Wildman–Crippen MR) is 68.0 cm³/mol. The average Bonchev–Trinajstić information content (AvgIpc) is 2.26. The summed E-state index contributed by atoms with van der Waals surface area (Å²) in [6.45, 7) is 4.46. The molecule has 0 aromatic rings. The lowest BCUT2D eigenvalue weighted by molar-refractivity contribution is -0.141. The summed E-state index contributed by atoms with van der Waals surface area (Å²) in [5.41, 5.74) is 0.572. The normalized spacial score (nSPS) is 25.5. The fraction of sp³-hybridized carbons (Fsp3) is 0.929. The summed E-state index contributed by atoms with van der Waals surface area (Å²) in [6, 6.07) is 0.282. The van der Waals surface area contributed by atoms with Crippen LogP contribution in [0.2, 0.25) is 0 Å². The van der Waals surface area contributed by atoms with Crippen LogP contribution in [0.4, 0.5) is 0 Å². The molecule has 1 spiro atoms. The first-order chi connectivity index (χ1) is 8.15. The molecule has 1 aliphatic heterocycles. The van der Waals surface area contributed by atoms with E-state index in [0.29, 0.717) is 11.8 Å². The summed E-state index contributed by atoms with van der Waals surface area (Å²) in [5, 5.41) is 8.95. The molecule has 0 aromatic carbocycles. The molecule has 0 bridgehead atoms. The molecular weight excluding hydrogens is 214 g/mol. The van der Waals surface area contributed by atoms with E-state index in [-0.39, 0.29) is 6.04 Å². The van der Waals surface area contributed by atoms with Crippen LogP contribution >= 0.6 is 0 Å². The minimum Gasteiger partial charge on any atom is -0.481 e. The number of rotatable bonds is 5. The Morgan fingerprint density at radius 1 is 1.29 bits per heavy atom. The van der Waals surface area contributed by atoms with Crippen LogP contribution < -0.4 is 0 Å². The Balaban J connectivity index is 1.84. The van der Waals surface area contributed by atoms with Crippen molar-refractivity contribution in [1.29, 1.82) is 0 Å². The van der Waals surface area contributed by atoms with Gasteiger partial charge in [-0.25, -0.2) is 0 Å². The van der Waals surface area contributed by atoms with Crippen LogP contribution in [0, 0.1) is 5.41 Å². The third-order valence-corrected chi connectivity index (χ3v) is 4.54. The fourth-order valence-corrected chi connectivity index (χ4v) is 3.64. The lowest BCUT2D eigenvalue weighted by atomic mass is 9.68. The molecule has 2 fully saturated rings. The highest BCUT2D eigenvalue weighted by atomic mass is 16.4. The van der Waals surface area contributed by atoms with E-state index in [9.17, 15) is 4.79 Å². The van der Waals surface area contributed by atoms with Gasteiger partial charge in [0.05, 0.1) is 6.42 Å². The van der Waals surface area contributed by atoms with Gasteiger partial charge in [-0.2, -0.15) is 0 Å². The van der Waals surface area contributed by atoms with E-state index in [0.717, 1.165) is 25.9 Å². The van der Waals surface area contributed by atoms with Gasteiger partial charge in [-0.1, -0.05) is 32.6 Å². The van der Waals surface area contributed by atoms with Crippen molar-refractivity contribution in [1.82, 2.24) is 4.90 Å². The molecular formula is C14H25NO2. The van der Waals surface area contributed by atoms with E-state index in [1.54, 1.807) is 0 Å². The van der Waals surface area contributed by atoms with Gasteiger partial charge < -0.3 is 5.11 Å². The van der Waals surface area contributed by atoms with Crippen molar-refractivity contribution in [3.8, 4) is 0 Å². The number of carboxylic acid groups (broad SMARTS) is 1. The highest BCUT2D eigenvalue weighted by molar-refractivity contribution is 5.67. The first-order valence-corrected chi connectivity index (χ1v) is 7.11. The monoisotopic (exact) mass is 239 g/mol. The van der Waals surface area contributed by atoms with Gasteiger partial charge in [0.25, 0.3) is 0 Å². The summed E-state index contributed by atoms with van der Waals surface area (Å²) in [5.74, 6) is -0.645. The number of nitrogens with zero attached hydrogens (tertiary/aromatic N) is 1. The minimum atomic E-state index is -0.645. The van der Waals surface area contributed by atoms with Crippen molar-refractivity contribution in [2.75, 3.05) is 13.1 Å². The van der Waals surface area contributed by atoms with Crippen LogP contribution in [0.3, 0.4) is 0 Å². The SMILES string of the molecule is CCCC(CC(=O)O)N1CC2(CCCCC2)C1. The van der Waals surface area contributed by atoms with E-state index in [4.69, 9.17) is 5.11 Å². The van der Waals surface area contributed by atoms with Crippen molar-refractivity contribution in [2.24, 2.45) is 5.41 Å². The van der Waals surface area contributed by atoms with Gasteiger partial charge in [-0.05, 0) is 24.7 Å². The van der Waals surface area contributed by atoms with Crippen molar-refractivity contribution in [2.45, 2.75) is 64.3 Å². The minimum absolute atomic E-state index is 0.282. The van der Waals surface area contributed by atoms with Gasteiger partial charge in [0, 0.05) is 19.1 Å². The molecule has 3 nitrogen and oxygen atoms in total. The summed E-state index contributed by atoms with van der Waals surface area (Å²) in [7, 11) is 0. The number of aliphatic carboxylic acids is 1. The van der Waals surface area contributed by atoms with Crippen LogP contribution in [0.5, 0.6) is 0 Å². The molecule has 1 saturated carbocycles. The standard InChI is InChI=1S/C14H25NO2/c1-2-6-12(9-13(16)17)15-10-14(11-15)7-4-3-5-8-14/h12H,2-11H2,1H3,(H,16,17). The molecule has 1 saturated heterocycles. The first-order valence-electron chi connectivity index (χ1n) is 7.11. The van der Waals surface area contributed by atoms with Gasteiger partial charge in [0.1, 0.15) is 0 Å². The highest BCUT2D eigenvalue weighted by Gasteiger charge is 2.45. The zero-order chi connectivity index (χ0) is 12.3. The second-order valence-corrected chi connectivity index (χ2v) is 6.01. The molecule has 2 rings (SSSR count). The smallest absolute Gasteiger partial charge is 0.304 e. The summed E-state index contributed by atoms with van der Waals surface area (Å²) >= 11 is 0. The Hall–Kier alpha value is -0.570. The molecule has 1 heterocycles. The number of carboxylic acids is 1. The Bertz CT molecular complexity index is 263. The predicted octanol–water partition coefficient (Wildman–Crippen LogP) is 2.90. The van der Waals surface area contributed by atoms with E-state index in [1.165, 1.54) is 32.1 Å². The maximum Gasteiger partial charge on any atom is 0.304 e. The second kappa shape index (κ2) is 5.38. The molecule has 0 amide bonds. The maximum atomic E-state index is 10.9. The fourth-order valence-electron chi connectivity index (χ4n) is 3.64. The third kappa shape index (κ3) is 3.01. The lowest BCUT2D eigenvalue weighted by Crippen LogP contribution is -2.60. The Kier molecular flexibility index (Phi) is 4.08. The van der Waals surface area contributed by atoms with Crippen LogP contribution in [0.25, 0.3) is 0 Å². The van der Waals surface area contributed by atoms with E-state index in [1.807, 2.05) is 0 Å². The number of hydrogen-bond donors (Lipinski definition) is 1. The zero-order valence-electron chi connectivity index (χ0n) is 11.0. The molecule has 0 radical (unpaired) electrons. The van der Waals surface area contributed by atoms with Crippen molar-refractivity contribution >= 4 is 5.97 Å². The Morgan fingerprint density at radius 3 is 2.47 bits per heavy atom. The zero-order valence-corrected chi connectivity index (χ0v) is 11.0. The summed E-state index contributed by atoms with van der Waals surface area (Å²) < 4.78 is 0. The van der Waals surface area contributed by atoms with Crippen LogP contribution in [0.15, 0.2) is 0 Å². The molecule has 98 valence electrons. The van der Waals surface area contributed by atoms with E-state index in [2.05, 4.69) is 11.8 Å². The van der Waals surface area contributed by atoms with E-state index >= 15 is 0 Å². The van der Waals surface area contributed by atoms with Crippen molar-refractivity contribution in [3.05, 3.63) is 0 Å². The van der Waals surface area contributed by atoms with Gasteiger partial charge in [-0.15, -0.1) is 0 Å². The average molecular weight is 239 g/mol. The second-order valence-electron chi connectivity index (χ2n) is 6.01. The molecule has 17 heavy (non-hydrogen) atoms. The molecule has 1 unspecified atom stereocenters. The maximum absolute atomic E-state index is 10.9. The van der Waals surface area contributed by atoms with Gasteiger partial charge in [-0.3, -0.25) is 9.69 Å². The van der Waals surface area contributed by atoms with Crippen LogP contribution in [-0.2, 0) is 4.79 Å². The summed E-state index contributed by atoms with van der Waals surface area (Å²) in [6.07, 6.45) is 9.34. The number of hydrogen-bond acceptors (Lipinski definition) is 2.